The van der Waals surface area contributed by atoms with E-state index in [0.29, 0.717) is 25.6 Å². The Labute approximate surface area is 109 Å². The van der Waals surface area contributed by atoms with Crippen LogP contribution in [-0.2, 0) is 4.74 Å². The molecular weight excluding hydrogens is 244 g/mol. The van der Waals surface area contributed by atoms with Gasteiger partial charge in [-0.1, -0.05) is 12.1 Å². The molecule has 1 aliphatic rings. The SMILES string of the molecule is N=C(N)C1CN(c2nnc3ccccc3n2)CCO1. The van der Waals surface area contributed by atoms with Crippen molar-refractivity contribution in [3.8, 4) is 0 Å². The van der Waals surface area contributed by atoms with Crippen molar-refractivity contribution >= 4 is 22.8 Å². The van der Waals surface area contributed by atoms with Crippen LogP contribution in [0, 0.1) is 5.41 Å². The first-order chi connectivity index (χ1) is 9.24. The maximum Gasteiger partial charge on any atom is 0.246 e. The highest BCUT2D eigenvalue weighted by Gasteiger charge is 2.24. The second kappa shape index (κ2) is 4.77. The maximum atomic E-state index is 7.44. The van der Waals surface area contributed by atoms with Crippen LogP contribution < -0.4 is 10.6 Å². The van der Waals surface area contributed by atoms with E-state index < -0.39 is 6.10 Å². The lowest BCUT2D eigenvalue weighted by Gasteiger charge is -2.31. The van der Waals surface area contributed by atoms with Gasteiger partial charge in [0.1, 0.15) is 17.5 Å². The Kier molecular flexibility index (Phi) is 2.96. The molecule has 1 aromatic carbocycles. The summed E-state index contributed by atoms with van der Waals surface area (Å²) < 4.78 is 5.41. The molecule has 19 heavy (non-hydrogen) atoms. The molecular formula is C12H14N6O. The first-order valence-electron chi connectivity index (χ1n) is 6.04. The predicted molar refractivity (Wildman–Crippen MR) is 71.2 cm³/mol. The van der Waals surface area contributed by atoms with Crippen molar-refractivity contribution in [2.24, 2.45) is 5.73 Å². The molecule has 1 saturated heterocycles. The monoisotopic (exact) mass is 258 g/mol. The van der Waals surface area contributed by atoms with Crippen LogP contribution in [0.3, 0.4) is 0 Å². The largest absolute Gasteiger partial charge is 0.385 e. The zero-order chi connectivity index (χ0) is 13.2. The Morgan fingerprint density at radius 3 is 2.89 bits per heavy atom. The first-order valence-corrected chi connectivity index (χ1v) is 6.04. The number of anilines is 1. The lowest BCUT2D eigenvalue weighted by Crippen LogP contribution is -2.48. The van der Waals surface area contributed by atoms with Crippen LogP contribution in [0.4, 0.5) is 5.95 Å². The van der Waals surface area contributed by atoms with Gasteiger partial charge in [-0.3, -0.25) is 5.41 Å². The van der Waals surface area contributed by atoms with E-state index in [1.807, 2.05) is 29.2 Å². The minimum Gasteiger partial charge on any atom is -0.385 e. The van der Waals surface area contributed by atoms with E-state index in [0.717, 1.165) is 11.0 Å². The number of para-hydroxylation sites is 1. The van der Waals surface area contributed by atoms with Gasteiger partial charge in [-0.15, -0.1) is 10.2 Å². The number of ether oxygens (including phenoxy) is 1. The number of fused-ring (bicyclic) bond motifs is 1. The number of hydrogen-bond donors (Lipinski definition) is 2. The third kappa shape index (κ3) is 2.32. The molecule has 7 nitrogen and oxygen atoms in total. The fraction of sp³-hybridized carbons (Fsp3) is 0.333. The number of nitrogens with zero attached hydrogens (tertiary/aromatic N) is 4. The molecule has 98 valence electrons. The van der Waals surface area contributed by atoms with Gasteiger partial charge in [0, 0.05) is 6.54 Å². The van der Waals surface area contributed by atoms with Crippen LogP contribution in [0.25, 0.3) is 11.0 Å². The summed E-state index contributed by atoms with van der Waals surface area (Å²) >= 11 is 0. The molecule has 3 N–H and O–H groups in total. The average Bonchev–Trinajstić information content (AvgIpc) is 2.47. The lowest BCUT2D eigenvalue weighted by atomic mass is 10.2. The fourth-order valence-electron chi connectivity index (χ4n) is 2.02. The van der Waals surface area contributed by atoms with E-state index >= 15 is 0 Å². The van der Waals surface area contributed by atoms with E-state index in [1.54, 1.807) is 0 Å². The Morgan fingerprint density at radius 2 is 2.11 bits per heavy atom. The van der Waals surface area contributed by atoms with Crippen molar-refractivity contribution in [1.29, 1.82) is 5.41 Å². The van der Waals surface area contributed by atoms with Crippen LogP contribution in [-0.4, -0.2) is 46.8 Å². The van der Waals surface area contributed by atoms with Crippen molar-refractivity contribution in [1.82, 2.24) is 15.2 Å². The van der Waals surface area contributed by atoms with Crippen molar-refractivity contribution < 1.29 is 4.74 Å². The van der Waals surface area contributed by atoms with E-state index in [-0.39, 0.29) is 5.84 Å². The van der Waals surface area contributed by atoms with Gasteiger partial charge < -0.3 is 15.4 Å². The van der Waals surface area contributed by atoms with E-state index in [2.05, 4.69) is 15.2 Å². The summed E-state index contributed by atoms with van der Waals surface area (Å²) in [6.45, 7) is 1.65. The quantitative estimate of drug-likeness (QED) is 0.588. The van der Waals surface area contributed by atoms with Crippen molar-refractivity contribution in [3.05, 3.63) is 24.3 Å². The van der Waals surface area contributed by atoms with Crippen molar-refractivity contribution in [2.45, 2.75) is 6.10 Å². The number of morpholine rings is 1. The third-order valence-electron chi connectivity index (χ3n) is 3.05. The second-order valence-corrected chi connectivity index (χ2v) is 4.36. The molecule has 0 spiro atoms. The maximum absolute atomic E-state index is 7.44. The summed E-state index contributed by atoms with van der Waals surface area (Å²) in [5, 5.41) is 15.7. The van der Waals surface area contributed by atoms with Crippen LogP contribution in [0.5, 0.6) is 0 Å². The highest BCUT2D eigenvalue weighted by atomic mass is 16.5. The minimum atomic E-state index is -0.399. The highest BCUT2D eigenvalue weighted by molar-refractivity contribution is 5.82. The van der Waals surface area contributed by atoms with E-state index in [1.165, 1.54) is 0 Å². The zero-order valence-electron chi connectivity index (χ0n) is 10.3. The van der Waals surface area contributed by atoms with Crippen LogP contribution in [0.15, 0.2) is 24.3 Å². The molecule has 1 unspecified atom stereocenters. The standard InChI is InChI=1S/C12H14N6O/c13-11(14)10-7-18(5-6-19-10)12-15-8-3-1-2-4-9(8)16-17-12/h1-4,10H,5-7H2,(H3,13,14). The average molecular weight is 258 g/mol. The van der Waals surface area contributed by atoms with Gasteiger partial charge in [0.2, 0.25) is 5.95 Å². The van der Waals surface area contributed by atoms with Crippen LogP contribution >= 0.6 is 0 Å². The zero-order valence-corrected chi connectivity index (χ0v) is 10.3. The molecule has 2 aromatic rings. The van der Waals surface area contributed by atoms with Gasteiger partial charge in [-0.25, -0.2) is 4.98 Å². The molecule has 3 rings (SSSR count). The first kappa shape index (κ1) is 11.8. The van der Waals surface area contributed by atoms with Crippen molar-refractivity contribution in [2.75, 3.05) is 24.6 Å². The Bertz CT molecular complexity index is 616. The molecule has 0 amide bonds. The molecule has 2 heterocycles. The topological polar surface area (TPSA) is 101 Å². The number of nitrogens with one attached hydrogen (secondary N) is 1. The molecule has 0 saturated carbocycles. The molecule has 0 radical (unpaired) electrons. The van der Waals surface area contributed by atoms with Crippen LogP contribution in [0.2, 0.25) is 0 Å². The molecule has 0 bridgehead atoms. The molecule has 1 aliphatic heterocycles. The van der Waals surface area contributed by atoms with Gasteiger partial charge in [0.05, 0.1) is 18.7 Å². The van der Waals surface area contributed by atoms with Gasteiger partial charge in [-0.05, 0) is 12.1 Å². The third-order valence-corrected chi connectivity index (χ3v) is 3.05. The molecule has 1 fully saturated rings. The van der Waals surface area contributed by atoms with Gasteiger partial charge in [0.25, 0.3) is 0 Å². The molecule has 7 heteroatoms. The summed E-state index contributed by atoms with van der Waals surface area (Å²) in [7, 11) is 0. The number of benzene rings is 1. The summed E-state index contributed by atoms with van der Waals surface area (Å²) in [6.07, 6.45) is -0.399. The second-order valence-electron chi connectivity index (χ2n) is 4.36. The highest BCUT2D eigenvalue weighted by Crippen LogP contribution is 2.15. The predicted octanol–water partition coefficient (Wildman–Crippen LogP) is 0.166. The lowest BCUT2D eigenvalue weighted by molar-refractivity contribution is 0.0819. The molecule has 1 atom stereocenters. The summed E-state index contributed by atoms with van der Waals surface area (Å²) in [5.74, 6) is 0.576. The van der Waals surface area contributed by atoms with Crippen LogP contribution in [0.1, 0.15) is 0 Å². The van der Waals surface area contributed by atoms with E-state index in [9.17, 15) is 0 Å². The molecule has 1 aromatic heterocycles. The van der Waals surface area contributed by atoms with Gasteiger partial charge in [-0.2, -0.15) is 0 Å². The van der Waals surface area contributed by atoms with Gasteiger partial charge in [0.15, 0.2) is 0 Å². The number of rotatable bonds is 2. The normalized spacial score (nSPS) is 19.6. The minimum absolute atomic E-state index is 0.0263. The van der Waals surface area contributed by atoms with Crippen molar-refractivity contribution in [3.63, 3.8) is 0 Å². The van der Waals surface area contributed by atoms with E-state index in [4.69, 9.17) is 15.9 Å². The summed E-state index contributed by atoms with van der Waals surface area (Å²) in [4.78, 5) is 6.42. The summed E-state index contributed by atoms with van der Waals surface area (Å²) in [6, 6.07) is 7.59. The number of amidine groups is 1. The molecule has 0 aliphatic carbocycles. The summed E-state index contributed by atoms with van der Waals surface area (Å²) in [5.41, 5.74) is 7.04. The number of nitrogens with two attached hydrogens (primary N) is 1. The smallest absolute Gasteiger partial charge is 0.246 e. The Hall–Kier alpha value is -2.28. The Morgan fingerprint density at radius 1 is 1.32 bits per heavy atom. The number of hydrogen-bond acceptors (Lipinski definition) is 6. The number of aromatic nitrogens is 3. The fourth-order valence-corrected chi connectivity index (χ4v) is 2.02. The Balaban J connectivity index is 1.89. The van der Waals surface area contributed by atoms with Gasteiger partial charge >= 0.3 is 0 Å².